The highest BCUT2D eigenvalue weighted by Gasteiger charge is 2.28. The first kappa shape index (κ1) is 24.3. The average Bonchev–Trinajstić information content (AvgIpc) is 3.27. The average molecular weight is 490 g/mol. The molecule has 1 aliphatic heterocycles. The molecule has 5 heteroatoms. The number of hydrogen-bond acceptors (Lipinski definition) is 4. The Labute approximate surface area is 218 Å². The number of anilines is 2. The van der Waals surface area contributed by atoms with Crippen molar-refractivity contribution in [2.75, 3.05) is 30.8 Å². The van der Waals surface area contributed by atoms with Crippen molar-refractivity contribution in [1.82, 2.24) is 4.90 Å². The Morgan fingerprint density at radius 1 is 0.838 bits per heavy atom. The predicted molar refractivity (Wildman–Crippen MR) is 151 cm³/mol. The summed E-state index contributed by atoms with van der Waals surface area (Å²) in [6.45, 7) is 2.55. The first-order chi connectivity index (χ1) is 18.2. The number of nitrogens with zero attached hydrogens (tertiary/aromatic N) is 1. The van der Waals surface area contributed by atoms with Crippen LogP contribution in [-0.2, 0) is 11.3 Å². The Bertz CT molecular complexity index is 1370. The molecular weight excluding hydrogens is 458 g/mol. The van der Waals surface area contributed by atoms with Crippen molar-refractivity contribution < 1.29 is 9.53 Å². The lowest BCUT2D eigenvalue weighted by molar-refractivity contribution is -0.110. The number of para-hydroxylation sites is 1. The molecule has 5 nitrogen and oxygen atoms in total. The van der Waals surface area contributed by atoms with Crippen LogP contribution in [0.1, 0.15) is 23.1 Å². The van der Waals surface area contributed by atoms with Crippen LogP contribution in [0.15, 0.2) is 109 Å². The van der Waals surface area contributed by atoms with Crippen LogP contribution in [0.4, 0.5) is 11.4 Å². The zero-order chi connectivity index (χ0) is 25.5. The van der Waals surface area contributed by atoms with E-state index in [0.717, 1.165) is 53.5 Å². The molecule has 0 aliphatic carbocycles. The molecule has 0 fully saturated rings. The van der Waals surface area contributed by atoms with Crippen LogP contribution in [0, 0.1) is 0 Å². The number of nitrogens with one attached hydrogen (secondary N) is 2. The molecule has 2 N–H and O–H groups in total. The summed E-state index contributed by atoms with van der Waals surface area (Å²) in [7, 11) is 2.13. The number of benzene rings is 4. The van der Waals surface area contributed by atoms with E-state index in [9.17, 15) is 4.79 Å². The summed E-state index contributed by atoms with van der Waals surface area (Å²) < 4.78 is 5.98. The fourth-order valence-corrected chi connectivity index (χ4v) is 4.53. The Morgan fingerprint density at radius 3 is 2.27 bits per heavy atom. The van der Waals surface area contributed by atoms with E-state index in [4.69, 9.17) is 4.74 Å². The maximum absolute atomic E-state index is 13.0. The number of amides is 1. The van der Waals surface area contributed by atoms with Gasteiger partial charge >= 0.3 is 0 Å². The quantitative estimate of drug-likeness (QED) is 0.197. The molecule has 37 heavy (non-hydrogen) atoms. The van der Waals surface area contributed by atoms with Crippen molar-refractivity contribution >= 4 is 28.6 Å². The summed E-state index contributed by atoms with van der Waals surface area (Å²) in [4.78, 5) is 15.3. The second kappa shape index (κ2) is 11.6. The minimum absolute atomic E-state index is 0.107. The van der Waals surface area contributed by atoms with Crippen LogP contribution >= 0.6 is 0 Å². The monoisotopic (exact) mass is 489 g/mol. The zero-order valence-electron chi connectivity index (χ0n) is 21.0. The number of carbonyl (C=O) groups excluding carboxylic acids is 1. The molecule has 0 atom stereocenters. The number of ether oxygens (including phenoxy) is 1. The summed E-state index contributed by atoms with van der Waals surface area (Å²) in [6.07, 6.45) is 0.947. The molecule has 1 aliphatic rings. The van der Waals surface area contributed by atoms with E-state index in [1.54, 1.807) is 0 Å². The van der Waals surface area contributed by atoms with E-state index in [1.807, 2.05) is 84.9 Å². The molecule has 4 aromatic rings. The highest BCUT2D eigenvalue weighted by Crippen LogP contribution is 2.37. The highest BCUT2D eigenvalue weighted by atomic mass is 16.5. The largest absolute Gasteiger partial charge is 0.494 e. The van der Waals surface area contributed by atoms with Gasteiger partial charge in [0.1, 0.15) is 5.75 Å². The smallest absolute Gasteiger partial charge is 0.258 e. The lowest BCUT2D eigenvalue weighted by Crippen LogP contribution is -2.20. The van der Waals surface area contributed by atoms with Crippen molar-refractivity contribution in [2.24, 2.45) is 0 Å². The molecular formula is C32H31N3O2. The van der Waals surface area contributed by atoms with Gasteiger partial charge in [-0.25, -0.2) is 0 Å². The molecule has 0 unspecified atom stereocenters. The van der Waals surface area contributed by atoms with Crippen molar-refractivity contribution in [3.63, 3.8) is 0 Å². The third kappa shape index (κ3) is 6.08. The second-order valence-corrected chi connectivity index (χ2v) is 9.19. The van der Waals surface area contributed by atoms with Crippen molar-refractivity contribution in [1.29, 1.82) is 0 Å². The number of hydrogen-bond donors (Lipinski definition) is 2. The Morgan fingerprint density at radius 2 is 1.51 bits per heavy atom. The molecule has 0 saturated heterocycles. The molecule has 1 heterocycles. The fraction of sp³-hybridized carbons (Fsp3) is 0.156. The first-order valence-corrected chi connectivity index (χ1v) is 12.6. The minimum atomic E-state index is -0.107. The number of fused-ring (bicyclic) bond motifs is 1. The standard InChI is InChI=1S/C32H31N3O2/c1-35(23-24-11-4-2-5-12-24)21-10-22-37-27-19-17-26(18-20-27)33-31(25-13-6-3-7-14-25)30-28-15-8-9-16-29(28)34-32(30)36/h2-9,11-20,33H,10,21-23H2,1H3,(H,34,36). The van der Waals surface area contributed by atoms with E-state index in [1.165, 1.54) is 5.56 Å². The van der Waals surface area contributed by atoms with E-state index in [2.05, 4.69) is 46.8 Å². The zero-order valence-corrected chi connectivity index (χ0v) is 21.0. The van der Waals surface area contributed by atoms with Gasteiger partial charge < -0.3 is 20.3 Å². The predicted octanol–water partition coefficient (Wildman–Crippen LogP) is 6.52. The topological polar surface area (TPSA) is 53.6 Å². The maximum Gasteiger partial charge on any atom is 0.258 e. The van der Waals surface area contributed by atoms with Gasteiger partial charge in [0, 0.05) is 30.0 Å². The second-order valence-electron chi connectivity index (χ2n) is 9.19. The van der Waals surface area contributed by atoms with Crippen molar-refractivity contribution in [2.45, 2.75) is 13.0 Å². The highest BCUT2D eigenvalue weighted by molar-refractivity contribution is 6.37. The van der Waals surface area contributed by atoms with Gasteiger partial charge in [0.25, 0.3) is 5.91 Å². The van der Waals surface area contributed by atoms with Gasteiger partial charge in [0.15, 0.2) is 0 Å². The summed E-state index contributed by atoms with van der Waals surface area (Å²) in [5.74, 6) is 0.721. The SMILES string of the molecule is CN(CCCOc1ccc(NC(=C2C(=O)Nc3ccccc32)c2ccccc2)cc1)Cc1ccccc1. The molecule has 4 aromatic carbocycles. The van der Waals surface area contributed by atoms with E-state index in [0.29, 0.717) is 12.2 Å². The maximum atomic E-state index is 13.0. The summed E-state index contributed by atoms with van der Waals surface area (Å²) in [6, 6.07) is 36.1. The van der Waals surface area contributed by atoms with Crippen molar-refractivity contribution in [3.8, 4) is 5.75 Å². The molecule has 0 bridgehead atoms. The van der Waals surface area contributed by atoms with Gasteiger partial charge in [-0.3, -0.25) is 4.79 Å². The Balaban J connectivity index is 1.23. The van der Waals surface area contributed by atoms with Crippen LogP contribution in [-0.4, -0.2) is 31.0 Å². The third-order valence-electron chi connectivity index (χ3n) is 6.36. The minimum Gasteiger partial charge on any atom is -0.494 e. The van der Waals surface area contributed by atoms with Crippen LogP contribution < -0.4 is 15.4 Å². The molecule has 0 radical (unpaired) electrons. The molecule has 0 aromatic heterocycles. The number of rotatable bonds is 10. The van der Waals surface area contributed by atoms with Gasteiger partial charge in [-0.15, -0.1) is 0 Å². The van der Waals surface area contributed by atoms with Crippen LogP contribution in [0.3, 0.4) is 0 Å². The Kier molecular flexibility index (Phi) is 7.63. The fourth-order valence-electron chi connectivity index (χ4n) is 4.53. The normalized spacial score (nSPS) is 13.7. The van der Waals surface area contributed by atoms with Gasteiger partial charge in [-0.1, -0.05) is 78.9 Å². The van der Waals surface area contributed by atoms with Gasteiger partial charge in [0.05, 0.1) is 17.9 Å². The molecule has 1 amide bonds. The van der Waals surface area contributed by atoms with E-state index < -0.39 is 0 Å². The summed E-state index contributed by atoms with van der Waals surface area (Å²) in [5.41, 5.74) is 6.30. The van der Waals surface area contributed by atoms with Crippen molar-refractivity contribution in [3.05, 3.63) is 126 Å². The molecule has 5 rings (SSSR count). The van der Waals surface area contributed by atoms with E-state index >= 15 is 0 Å². The summed E-state index contributed by atoms with van der Waals surface area (Å²) >= 11 is 0. The summed E-state index contributed by atoms with van der Waals surface area (Å²) in [5, 5.41) is 6.48. The molecule has 0 saturated carbocycles. The third-order valence-corrected chi connectivity index (χ3v) is 6.36. The van der Waals surface area contributed by atoms with Crippen LogP contribution in [0.25, 0.3) is 11.3 Å². The first-order valence-electron chi connectivity index (χ1n) is 12.6. The van der Waals surface area contributed by atoms with Gasteiger partial charge in [-0.2, -0.15) is 0 Å². The van der Waals surface area contributed by atoms with E-state index in [-0.39, 0.29) is 5.91 Å². The lowest BCUT2D eigenvalue weighted by atomic mass is 10.00. The van der Waals surface area contributed by atoms with Gasteiger partial charge in [-0.05, 0) is 54.9 Å². The van der Waals surface area contributed by atoms with Crippen LogP contribution in [0.5, 0.6) is 5.75 Å². The Hall–Kier alpha value is -4.35. The molecule has 0 spiro atoms. The van der Waals surface area contributed by atoms with Gasteiger partial charge in [0.2, 0.25) is 0 Å². The number of carbonyl (C=O) groups is 1. The lowest BCUT2D eigenvalue weighted by Gasteiger charge is -2.17. The van der Waals surface area contributed by atoms with Crippen LogP contribution in [0.2, 0.25) is 0 Å². The molecule has 186 valence electrons.